The van der Waals surface area contributed by atoms with Gasteiger partial charge in [0.25, 0.3) is 0 Å². The summed E-state index contributed by atoms with van der Waals surface area (Å²) >= 11 is 0. The van der Waals surface area contributed by atoms with E-state index in [0.29, 0.717) is 11.8 Å². The lowest BCUT2D eigenvalue weighted by atomic mass is 10.00. The summed E-state index contributed by atoms with van der Waals surface area (Å²) in [5, 5.41) is 8.76. The molecule has 0 saturated carbocycles. The quantitative estimate of drug-likeness (QED) is 0.659. The fraction of sp³-hybridized carbons (Fsp3) is 1.00. The smallest absolute Gasteiger partial charge is 0.0558 e. The van der Waals surface area contributed by atoms with E-state index in [2.05, 4.69) is 11.8 Å². The zero-order valence-corrected chi connectivity index (χ0v) is 7.99. The summed E-state index contributed by atoms with van der Waals surface area (Å²) in [5.41, 5.74) is 0. The van der Waals surface area contributed by atoms with Gasteiger partial charge in [-0.25, -0.2) is 0 Å². The van der Waals surface area contributed by atoms with Crippen LogP contribution in [0, 0.1) is 11.8 Å². The van der Waals surface area contributed by atoms with Crippen LogP contribution in [0.15, 0.2) is 0 Å². The summed E-state index contributed by atoms with van der Waals surface area (Å²) in [6.45, 7) is 6.37. The second-order valence-electron chi connectivity index (χ2n) is 3.68. The molecule has 1 aliphatic rings. The molecule has 1 heterocycles. The molecule has 72 valence electrons. The van der Waals surface area contributed by atoms with Crippen LogP contribution in [0.25, 0.3) is 0 Å². The van der Waals surface area contributed by atoms with Gasteiger partial charge < -0.3 is 14.7 Å². The average Bonchev–Trinajstić information content (AvgIpc) is 2.34. The van der Waals surface area contributed by atoms with Crippen molar-refractivity contribution < 1.29 is 9.84 Å². The summed E-state index contributed by atoms with van der Waals surface area (Å²) in [5.74, 6) is 1.36. The zero-order chi connectivity index (χ0) is 8.97. The lowest BCUT2D eigenvalue weighted by molar-refractivity contribution is 0.138. The Morgan fingerprint density at radius 2 is 2.25 bits per heavy atom. The number of β-amino-alcohol motifs (C(OH)–C–C–N with tert-alkyl or cyclic N) is 1. The molecule has 0 radical (unpaired) electrons. The molecule has 0 unspecified atom stereocenters. The molecule has 0 aromatic rings. The van der Waals surface area contributed by atoms with Gasteiger partial charge in [-0.1, -0.05) is 6.92 Å². The topological polar surface area (TPSA) is 32.7 Å². The van der Waals surface area contributed by atoms with Crippen molar-refractivity contribution in [2.24, 2.45) is 11.8 Å². The van der Waals surface area contributed by atoms with Crippen molar-refractivity contribution >= 4 is 0 Å². The van der Waals surface area contributed by atoms with Crippen molar-refractivity contribution in [2.75, 3.05) is 40.0 Å². The van der Waals surface area contributed by atoms with Gasteiger partial charge in [-0.15, -0.1) is 0 Å². The first-order valence-corrected chi connectivity index (χ1v) is 4.60. The normalized spacial score (nSPS) is 31.2. The van der Waals surface area contributed by atoms with Gasteiger partial charge in [0.05, 0.1) is 13.2 Å². The summed E-state index contributed by atoms with van der Waals surface area (Å²) < 4.78 is 5.13. The van der Waals surface area contributed by atoms with Crippen LogP contribution in [-0.2, 0) is 4.74 Å². The molecular formula is C9H19NO2. The molecule has 12 heavy (non-hydrogen) atoms. The second-order valence-corrected chi connectivity index (χ2v) is 3.68. The number of nitrogens with zero attached hydrogens (tertiary/aromatic N) is 1. The first-order chi connectivity index (χ1) is 5.77. The molecule has 3 nitrogen and oxygen atoms in total. The van der Waals surface area contributed by atoms with Crippen LogP contribution < -0.4 is 0 Å². The summed E-state index contributed by atoms with van der Waals surface area (Å²) in [6, 6.07) is 0. The van der Waals surface area contributed by atoms with E-state index in [-0.39, 0.29) is 6.61 Å². The predicted molar refractivity (Wildman–Crippen MR) is 48.1 cm³/mol. The van der Waals surface area contributed by atoms with E-state index in [0.717, 1.165) is 26.2 Å². The van der Waals surface area contributed by atoms with E-state index < -0.39 is 0 Å². The number of likely N-dealkylation sites (tertiary alicyclic amines) is 1. The molecule has 3 heteroatoms. The summed E-state index contributed by atoms with van der Waals surface area (Å²) in [4.78, 5) is 2.30. The molecule has 0 spiro atoms. The van der Waals surface area contributed by atoms with Crippen molar-refractivity contribution in [3.8, 4) is 0 Å². The van der Waals surface area contributed by atoms with Crippen molar-refractivity contribution in [3.63, 3.8) is 0 Å². The van der Waals surface area contributed by atoms with Crippen LogP contribution in [0.3, 0.4) is 0 Å². The maximum atomic E-state index is 8.76. The third kappa shape index (κ3) is 2.44. The number of aliphatic hydroxyl groups excluding tert-OH is 1. The molecule has 1 fully saturated rings. The molecule has 1 N–H and O–H groups in total. The molecule has 2 atom stereocenters. The fourth-order valence-electron chi connectivity index (χ4n) is 1.90. The van der Waals surface area contributed by atoms with Crippen LogP contribution in [-0.4, -0.2) is 50.0 Å². The van der Waals surface area contributed by atoms with Gasteiger partial charge in [0, 0.05) is 26.7 Å². The largest absolute Gasteiger partial charge is 0.395 e. The molecule has 1 saturated heterocycles. The fourth-order valence-corrected chi connectivity index (χ4v) is 1.90. The minimum atomic E-state index is 0.270. The van der Waals surface area contributed by atoms with Crippen LogP contribution in [0.1, 0.15) is 6.92 Å². The van der Waals surface area contributed by atoms with Crippen molar-refractivity contribution in [1.29, 1.82) is 0 Å². The Morgan fingerprint density at radius 1 is 1.50 bits per heavy atom. The Bertz CT molecular complexity index is 130. The van der Waals surface area contributed by atoms with E-state index in [1.807, 2.05) is 0 Å². The van der Waals surface area contributed by atoms with Crippen molar-refractivity contribution in [1.82, 2.24) is 4.90 Å². The highest BCUT2D eigenvalue weighted by Crippen LogP contribution is 2.22. The Morgan fingerprint density at radius 3 is 2.83 bits per heavy atom. The first kappa shape index (κ1) is 9.96. The molecule has 0 aromatic heterocycles. The number of methoxy groups -OCH3 is 1. The highest BCUT2D eigenvalue weighted by molar-refractivity contribution is 4.80. The van der Waals surface area contributed by atoms with Gasteiger partial charge in [0.2, 0.25) is 0 Å². The van der Waals surface area contributed by atoms with Gasteiger partial charge in [0.1, 0.15) is 0 Å². The van der Waals surface area contributed by atoms with Crippen molar-refractivity contribution in [2.45, 2.75) is 6.92 Å². The van der Waals surface area contributed by atoms with Crippen LogP contribution in [0.5, 0.6) is 0 Å². The zero-order valence-electron chi connectivity index (χ0n) is 7.99. The van der Waals surface area contributed by atoms with Gasteiger partial charge in [0.15, 0.2) is 0 Å². The van der Waals surface area contributed by atoms with E-state index >= 15 is 0 Å². The first-order valence-electron chi connectivity index (χ1n) is 4.60. The molecular weight excluding hydrogens is 154 g/mol. The number of hydrogen-bond donors (Lipinski definition) is 1. The third-order valence-corrected chi connectivity index (χ3v) is 2.64. The summed E-state index contributed by atoms with van der Waals surface area (Å²) in [6.07, 6.45) is 0. The number of aliphatic hydroxyl groups is 1. The predicted octanol–water partition coefficient (Wildman–Crippen LogP) is 0.193. The molecule has 1 rings (SSSR count). The minimum Gasteiger partial charge on any atom is -0.395 e. The van der Waals surface area contributed by atoms with Crippen LogP contribution >= 0.6 is 0 Å². The Balaban J connectivity index is 2.29. The highest BCUT2D eigenvalue weighted by Gasteiger charge is 2.28. The number of hydrogen-bond acceptors (Lipinski definition) is 3. The Hall–Kier alpha value is -0.120. The molecule has 0 aliphatic carbocycles. The van der Waals surface area contributed by atoms with E-state index in [4.69, 9.17) is 9.84 Å². The highest BCUT2D eigenvalue weighted by atomic mass is 16.5. The maximum Gasteiger partial charge on any atom is 0.0558 e. The summed E-state index contributed by atoms with van der Waals surface area (Å²) in [7, 11) is 1.75. The molecule has 0 aromatic carbocycles. The van der Waals surface area contributed by atoms with Gasteiger partial charge in [-0.3, -0.25) is 0 Å². The Labute approximate surface area is 74.3 Å². The average molecular weight is 173 g/mol. The van der Waals surface area contributed by atoms with Crippen LogP contribution in [0.4, 0.5) is 0 Å². The lowest BCUT2D eigenvalue weighted by Gasteiger charge is -2.13. The van der Waals surface area contributed by atoms with Crippen LogP contribution in [0.2, 0.25) is 0 Å². The SMILES string of the molecule is COC[C@H]1CN(CCO)C[C@@H]1C. The van der Waals surface area contributed by atoms with Gasteiger partial charge in [-0.05, 0) is 11.8 Å². The third-order valence-electron chi connectivity index (χ3n) is 2.64. The van der Waals surface area contributed by atoms with E-state index in [9.17, 15) is 0 Å². The second kappa shape index (κ2) is 4.80. The maximum absolute atomic E-state index is 8.76. The molecule has 0 amide bonds. The van der Waals surface area contributed by atoms with E-state index in [1.54, 1.807) is 7.11 Å². The number of ether oxygens (including phenoxy) is 1. The lowest BCUT2D eigenvalue weighted by Crippen LogP contribution is -2.24. The number of rotatable bonds is 4. The van der Waals surface area contributed by atoms with Crippen molar-refractivity contribution in [3.05, 3.63) is 0 Å². The minimum absolute atomic E-state index is 0.270. The Kier molecular flexibility index (Phi) is 3.98. The van der Waals surface area contributed by atoms with E-state index in [1.165, 1.54) is 0 Å². The van der Waals surface area contributed by atoms with Gasteiger partial charge >= 0.3 is 0 Å². The molecule has 0 bridgehead atoms. The molecule has 1 aliphatic heterocycles. The van der Waals surface area contributed by atoms with Gasteiger partial charge in [-0.2, -0.15) is 0 Å². The monoisotopic (exact) mass is 173 g/mol. The standard InChI is InChI=1S/C9H19NO2/c1-8-5-10(3-4-11)6-9(8)7-12-2/h8-9,11H,3-7H2,1-2H3/t8-,9+/m0/s1.